The van der Waals surface area contributed by atoms with Crippen molar-refractivity contribution in [1.82, 2.24) is 5.32 Å². The summed E-state index contributed by atoms with van der Waals surface area (Å²) < 4.78 is 10.8. The molecule has 1 amide bonds. The molecule has 0 aromatic heterocycles. The molecule has 6 nitrogen and oxygen atoms in total. The minimum Gasteiger partial charge on any atom is -0.497 e. The number of benzene rings is 2. The second-order valence-electron chi connectivity index (χ2n) is 7.57. The van der Waals surface area contributed by atoms with Crippen LogP contribution in [-0.4, -0.2) is 31.7 Å². The van der Waals surface area contributed by atoms with Gasteiger partial charge in [-0.05, 0) is 54.5 Å². The van der Waals surface area contributed by atoms with Crippen LogP contribution in [0.15, 0.2) is 36.4 Å². The van der Waals surface area contributed by atoms with Crippen LogP contribution in [0.4, 0.5) is 4.79 Å². The molecule has 146 valence electrons. The lowest BCUT2D eigenvalue weighted by molar-refractivity contribution is -0.116. The second kappa shape index (κ2) is 6.55. The quantitative estimate of drug-likeness (QED) is 0.771. The SMILES string of the molecule is COc1ccc(-c2ccc3c(c2)CCC2(CC2)[C@]3(C=O)NC(=O)O)c(OC)c1. The highest BCUT2D eigenvalue weighted by Crippen LogP contribution is 2.63. The summed E-state index contributed by atoms with van der Waals surface area (Å²) in [6, 6.07) is 11.5. The van der Waals surface area contributed by atoms with E-state index in [4.69, 9.17) is 9.47 Å². The van der Waals surface area contributed by atoms with Crippen LogP contribution >= 0.6 is 0 Å². The molecule has 0 aliphatic heterocycles. The zero-order valence-electron chi connectivity index (χ0n) is 16.0. The van der Waals surface area contributed by atoms with E-state index in [0.29, 0.717) is 11.5 Å². The highest BCUT2D eigenvalue weighted by Gasteiger charge is 2.63. The van der Waals surface area contributed by atoms with Gasteiger partial charge in [0.05, 0.1) is 14.2 Å². The molecule has 2 N–H and O–H groups in total. The molecule has 1 saturated carbocycles. The number of amides is 1. The van der Waals surface area contributed by atoms with Crippen molar-refractivity contribution in [2.24, 2.45) is 5.41 Å². The van der Waals surface area contributed by atoms with Crippen LogP contribution in [-0.2, 0) is 16.8 Å². The number of methoxy groups -OCH3 is 2. The zero-order chi connectivity index (χ0) is 19.9. The first-order valence-electron chi connectivity index (χ1n) is 9.32. The maximum atomic E-state index is 12.2. The Morgan fingerprint density at radius 3 is 2.50 bits per heavy atom. The van der Waals surface area contributed by atoms with Crippen LogP contribution < -0.4 is 14.8 Å². The van der Waals surface area contributed by atoms with Crippen LogP contribution in [0, 0.1) is 5.41 Å². The lowest BCUT2D eigenvalue weighted by Crippen LogP contribution is -2.55. The Labute approximate surface area is 163 Å². The molecule has 1 fully saturated rings. The van der Waals surface area contributed by atoms with Gasteiger partial charge in [0, 0.05) is 17.0 Å². The molecule has 2 aromatic rings. The molecule has 2 aliphatic carbocycles. The largest absolute Gasteiger partial charge is 0.497 e. The molecular formula is C22H23NO5. The Balaban J connectivity index is 1.82. The number of fused-ring (bicyclic) bond motifs is 1. The molecule has 2 aromatic carbocycles. The van der Waals surface area contributed by atoms with Gasteiger partial charge in [-0.3, -0.25) is 0 Å². The highest BCUT2D eigenvalue weighted by atomic mass is 16.5. The molecule has 0 unspecified atom stereocenters. The van der Waals surface area contributed by atoms with Gasteiger partial charge >= 0.3 is 6.09 Å². The Morgan fingerprint density at radius 2 is 1.89 bits per heavy atom. The van der Waals surface area contributed by atoms with Gasteiger partial charge in [-0.15, -0.1) is 0 Å². The summed E-state index contributed by atoms with van der Waals surface area (Å²) in [5, 5.41) is 12.0. The molecule has 4 rings (SSSR count). The first kappa shape index (κ1) is 18.3. The third-order valence-electron chi connectivity index (χ3n) is 6.29. The van der Waals surface area contributed by atoms with Crippen molar-refractivity contribution in [2.45, 2.75) is 31.2 Å². The Kier molecular flexibility index (Phi) is 4.29. The van der Waals surface area contributed by atoms with Gasteiger partial charge in [0.25, 0.3) is 0 Å². The first-order chi connectivity index (χ1) is 13.5. The molecule has 0 saturated heterocycles. The van der Waals surface area contributed by atoms with E-state index in [1.165, 1.54) is 0 Å². The van der Waals surface area contributed by atoms with Crippen molar-refractivity contribution in [3.8, 4) is 22.6 Å². The van der Waals surface area contributed by atoms with Crippen molar-refractivity contribution >= 4 is 12.4 Å². The number of aldehydes is 1. The molecule has 0 bridgehead atoms. The standard InChI is InChI=1S/C22H23NO5/c1-27-16-4-5-17(19(12-16)28-2)14-3-6-18-15(11-14)7-8-21(9-10-21)22(18,13-24)23-20(25)26/h3-6,11-13,23H,7-10H2,1-2H3,(H,25,26)/t22-/m1/s1. The fourth-order valence-corrected chi connectivity index (χ4v) is 4.63. The van der Waals surface area contributed by atoms with E-state index in [-0.39, 0.29) is 5.41 Å². The lowest BCUT2D eigenvalue weighted by atomic mass is 9.67. The molecule has 1 atom stereocenters. The summed E-state index contributed by atoms with van der Waals surface area (Å²) in [5.74, 6) is 1.40. The Bertz CT molecular complexity index is 950. The van der Waals surface area contributed by atoms with Crippen molar-refractivity contribution < 1.29 is 24.2 Å². The van der Waals surface area contributed by atoms with E-state index in [1.54, 1.807) is 14.2 Å². The number of ether oxygens (including phenoxy) is 2. The van der Waals surface area contributed by atoms with Gasteiger partial charge in [-0.2, -0.15) is 0 Å². The smallest absolute Gasteiger partial charge is 0.405 e. The van der Waals surface area contributed by atoms with Crippen LogP contribution in [0.5, 0.6) is 11.5 Å². The number of hydrogen-bond donors (Lipinski definition) is 2. The number of hydrogen-bond acceptors (Lipinski definition) is 4. The third-order valence-corrected chi connectivity index (χ3v) is 6.29. The number of carbonyl (C=O) groups is 2. The fraction of sp³-hybridized carbons (Fsp3) is 0.364. The summed E-state index contributed by atoms with van der Waals surface area (Å²) >= 11 is 0. The number of carbonyl (C=O) groups excluding carboxylic acids is 1. The summed E-state index contributed by atoms with van der Waals surface area (Å²) in [6.45, 7) is 0. The summed E-state index contributed by atoms with van der Waals surface area (Å²) in [4.78, 5) is 23.7. The molecule has 0 heterocycles. The molecule has 0 radical (unpaired) electrons. The number of nitrogens with one attached hydrogen (secondary N) is 1. The van der Waals surface area contributed by atoms with Crippen molar-refractivity contribution in [3.05, 3.63) is 47.5 Å². The van der Waals surface area contributed by atoms with E-state index in [1.807, 2.05) is 36.4 Å². The molecule has 28 heavy (non-hydrogen) atoms. The third kappa shape index (κ3) is 2.63. The Hall–Kier alpha value is -3.02. The van der Waals surface area contributed by atoms with Gasteiger partial charge in [-0.25, -0.2) is 4.79 Å². The summed E-state index contributed by atoms with van der Waals surface area (Å²) in [6.07, 6.45) is 2.95. The van der Waals surface area contributed by atoms with Gasteiger partial charge in [-0.1, -0.05) is 18.2 Å². The van der Waals surface area contributed by atoms with E-state index in [0.717, 1.165) is 54.2 Å². The van der Waals surface area contributed by atoms with E-state index in [2.05, 4.69) is 5.32 Å². The fourth-order valence-electron chi connectivity index (χ4n) is 4.63. The van der Waals surface area contributed by atoms with E-state index >= 15 is 0 Å². The normalized spacial score (nSPS) is 21.5. The van der Waals surface area contributed by atoms with Crippen LogP contribution in [0.25, 0.3) is 11.1 Å². The predicted octanol–water partition coefficient (Wildman–Crippen LogP) is 3.76. The average molecular weight is 381 g/mol. The van der Waals surface area contributed by atoms with Crippen LogP contribution in [0.2, 0.25) is 0 Å². The molecule has 6 heteroatoms. The first-order valence-corrected chi connectivity index (χ1v) is 9.32. The van der Waals surface area contributed by atoms with Crippen molar-refractivity contribution in [3.63, 3.8) is 0 Å². The van der Waals surface area contributed by atoms with Gasteiger partial charge in [0.15, 0.2) is 6.29 Å². The predicted molar refractivity (Wildman–Crippen MR) is 104 cm³/mol. The van der Waals surface area contributed by atoms with Crippen LogP contribution in [0.3, 0.4) is 0 Å². The summed E-state index contributed by atoms with van der Waals surface area (Å²) in [7, 11) is 3.22. The summed E-state index contributed by atoms with van der Waals surface area (Å²) in [5.41, 5.74) is 2.17. The van der Waals surface area contributed by atoms with Gasteiger partial charge in [0.1, 0.15) is 17.0 Å². The number of aryl methyl sites for hydroxylation is 1. The van der Waals surface area contributed by atoms with Gasteiger partial charge in [0.2, 0.25) is 0 Å². The average Bonchev–Trinajstić information content (AvgIpc) is 3.50. The Morgan fingerprint density at radius 1 is 1.11 bits per heavy atom. The monoisotopic (exact) mass is 381 g/mol. The van der Waals surface area contributed by atoms with Crippen molar-refractivity contribution in [2.75, 3.05) is 14.2 Å². The van der Waals surface area contributed by atoms with Crippen LogP contribution in [0.1, 0.15) is 30.4 Å². The lowest BCUT2D eigenvalue weighted by Gasteiger charge is -2.42. The van der Waals surface area contributed by atoms with E-state index < -0.39 is 11.6 Å². The minimum atomic E-state index is -1.17. The number of rotatable bonds is 5. The maximum absolute atomic E-state index is 12.2. The number of carboxylic acid groups (broad SMARTS) is 1. The van der Waals surface area contributed by atoms with E-state index in [9.17, 15) is 14.7 Å². The highest BCUT2D eigenvalue weighted by molar-refractivity contribution is 5.81. The maximum Gasteiger partial charge on any atom is 0.405 e. The second-order valence-corrected chi connectivity index (χ2v) is 7.57. The molecule has 1 spiro atoms. The van der Waals surface area contributed by atoms with Gasteiger partial charge < -0.3 is 24.7 Å². The topological polar surface area (TPSA) is 84.9 Å². The minimum absolute atomic E-state index is 0.292. The molecular weight excluding hydrogens is 358 g/mol. The zero-order valence-corrected chi connectivity index (χ0v) is 16.0. The molecule has 2 aliphatic rings. The van der Waals surface area contributed by atoms with Crippen molar-refractivity contribution in [1.29, 1.82) is 0 Å².